The molecule has 3 aromatic heterocycles. The Kier molecular flexibility index (Phi) is 5.58. The molecule has 0 aliphatic carbocycles. The number of rotatable bonds is 7. The number of likely N-dealkylation sites (N-methyl/N-ethyl adjacent to an activating group) is 1. The Hall–Kier alpha value is -3.58. The zero-order valence-electron chi connectivity index (χ0n) is 16.2. The normalized spacial score (nSPS) is 11.1. The third-order valence-corrected chi connectivity index (χ3v) is 4.71. The van der Waals surface area contributed by atoms with Gasteiger partial charge in [-0.2, -0.15) is 0 Å². The summed E-state index contributed by atoms with van der Waals surface area (Å²) in [5.41, 5.74) is 3.27. The topological polar surface area (TPSA) is 79.7 Å². The van der Waals surface area contributed by atoms with Crippen molar-refractivity contribution in [2.75, 3.05) is 13.6 Å². The van der Waals surface area contributed by atoms with E-state index in [0.29, 0.717) is 11.5 Å². The largest absolute Gasteiger partial charge is 0.336 e. The molecule has 0 saturated heterocycles. The molecule has 0 fully saturated rings. The van der Waals surface area contributed by atoms with Crippen LogP contribution in [0.15, 0.2) is 78.4 Å². The van der Waals surface area contributed by atoms with Gasteiger partial charge in [-0.1, -0.05) is 24.3 Å². The SMILES string of the molecule is CN(CCn1ccnc1)Cc1ccccc1-c1nc(-c2cccnc2)cc(=O)[nH]1. The molecule has 0 amide bonds. The highest BCUT2D eigenvalue weighted by Crippen LogP contribution is 2.23. The van der Waals surface area contributed by atoms with E-state index in [1.54, 1.807) is 18.6 Å². The van der Waals surface area contributed by atoms with Crippen LogP contribution in [0.4, 0.5) is 0 Å². The molecule has 0 radical (unpaired) electrons. The standard InChI is InChI=1S/C22H22N6O/c1-27(11-12-28-10-9-24-16-28)15-18-5-2-3-7-19(18)22-25-20(13-21(29)26-22)17-6-4-8-23-14-17/h2-10,13-14,16H,11-12,15H2,1H3,(H,25,26,29). The minimum atomic E-state index is -0.183. The molecule has 29 heavy (non-hydrogen) atoms. The number of H-pyrrole nitrogens is 1. The van der Waals surface area contributed by atoms with Gasteiger partial charge in [0.15, 0.2) is 0 Å². The Morgan fingerprint density at radius 2 is 2.00 bits per heavy atom. The zero-order chi connectivity index (χ0) is 20.1. The highest BCUT2D eigenvalue weighted by molar-refractivity contribution is 5.64. The van der Waals surface area contributed by atoms with Gasteiger partial charge < -0.3 is 14.5 Å². The quantitative estimate of drug-likeness (QED) is 0.528. The summed E-state index contributed by atoms with van der Waals surface area (Å²) >= 11 is 0. The minimum Gasteiger partial charge on any atom is -0.336 e. The van der Waals surface area contributed by atoms with Crippen molar-refractivity contribution in [1.82, 2.24) is 29.4 Å². The van der Waals surface area contributed by atoms with Crippen LogP contribution < -0.4 is 5.56 Å². The fraction of sp³-hybridized carbons (Fsp3) is 0.182. The molecule has 4 aromatic rings. The van der Waals surface area contributed by atoms with Crippen LogP contribution in [0.3, 0.4) is 0 Å². The molecule has 146 valence electrons. The second-order valence-electron chi connectivity index (χ2n) is 6.92. The lowest BCUT2D eigenvalue weighted by Crippen LogP contribution is -2.23. The first kappa shape index (κ1) is 18.8. The molecule has 0 bridgehead atoms. The second kappa shape index (κ2) is 8.62. The van der Waals surface area contributed by atoms with Crippen LogP contribution in [0.25, 0.3) is 22.6 Å². The van der Waals surface area contributed by atoms with Gasteiger partial charge in [0.25, 0.3) is 5.56 Å². The molecule has 4 rings (SSSR count). The smallest absolute Gasteiger partial charge is 0.251 e. The van der Waals surface area contributed by atoms with Gasteiger partial charge in [0.1, 0.15) is 5.82 Å². The van der Waals surface area contributed by atoms with E-state index in [1.807, 2.05) is 42.9 Å². The third-order valence-electron chi connectivity index (χ3n) is 4.71. The lowest BCUT2D eigenvalue weighted by atomic mass is 10.1. The van der Waals surface area contributed by atoms with Crippen molar-refractivity contribution in [2.24, 2.45) is 0 Å². The number of hydrogen-bond acceptors (Lipinski definition) is 5. The molecule has 1 aromatic carbocycles. The summed E-state index contributed by atoms with van der Waals surface area (Å²) in [6, 6.07) is 13.3. The molecule has 7 nitrogen and oxygen atoms in total. The van der Waals surface area contributed by atoms with Crippen molar-refractivity contribution in [3.63, 3.8) is 0 Å². The zero-order valence-corrected chi connectivity index (χ0v) is 16.2. The summed E-state index contributed by atoms with van der Waals surface area (Å²) in [6.07, 6.45) is 8.97. The van der Waals surface area contributed by atoms with Crippen molar-refractivity contribution in [2.45, 2.75) is 13.1 Å². The number of nitrogens with zero attached hydrogens (tertiary/aromatic N) is 5. The molecule has 0 aliphatic rings. The summed E-state index contributed by atoms with van der Waals surface area (Å²) in [6.45, 7) is 2.49. The molecule has 0 aliphatic heterocycles. The molecular formula is C22H22N6O. The van der Waals surface area contributed by atoms with E-state index in [1.165, 1.54) is 6.07 Å². The number of hydrogen-bond donors (Lipinski definition) is 1. The van der Waals surface area contributed by atoms with Gasteiger partial charge in [-0.25, -0.2) is 9.97 Å². The number of aromatic nitrogens is 5. The first-order chi connectivity index (χ1) is 14.2. The van der Waals surface area contributed by atoms with Crippen LogP contribution in [-0.2, 0) is 13.1 Å². The third kappa shape index (κ3) is 4.64. The number of aromatic amines is 1. The van der Waals surface area contributed by atoms with Crippen LogP contribution in [0.5, 0.6) is 0 Å². The average molecular weight is 386 g/mol. The maximum Gasteiger partial charge on any atom is 0.251 e. The number of imidazole rings is 1. The van der Waals surface area contributed by atoms with Gasteiger partial charge in [0.05, 0.1) is 12.0 Å². The van der Waals surface area contributed by atoms with E-state index >= 15 is 0 Å². The van der Waals surface area contributed by atoms with Crippen molar-refractivity contribution in [3.05, 3.63) is 89.5 Å². The van der Waals surface area contributed by atoms with Gasteiger partial charge in [0, 0.05) is 61.6 Å². The van der Waals surface area contributed by atoms with Crippen molar-refractivity contribution in [3.8, 4) is 22.6 Å². The number of pyridine rings is 1. The Morgan fingerprint density at radius 1 is 1.10 bits per heavy atom. The highest BCUT2D eigenvalue weighted by atomic mass is 16.1. The number of nitrogens with one attached hydrogen (secondary N) is 1. The van der Waals surface area contributed by atoms with E-state index in [2.05, 4.69) is 37.5 Å². The predicted octanol–water partition coefficient (Wildman–Crippen LogP) is 2.83. The van der Waals surface area contributed by atoms with E-state index in [9.17, 15) is 4.79 Å². The van der Waals surface area contributed by atoms with E-state index in [-0.39, 0.29) is 5.56 Å². The molecule has 0 spiro atoms. The molecular weight excluding hydrogens is 364 g/mol. The van der Waals surface area contributed by atoms with Crippen LogP contribution in [-0.4, -0.2) is 43.0 Å². The summed E-state index contributed by atoms with van der Waals surface area (Å²) in [5, 5.41) is 0. The lowest BCUT2D eigenvalue weighted by molar-refractivity contribution is 0.312. The van der Waals surface area contributed by atoms with Crippen LogP contribution in [0.2, 0.25) is 0 Å². The van der Waals surface area contributed by atoms with Crippen molar-refractivity contribution < 1.29 is 0 Å². The van der Waals surface area contributed by atoms with Gasteiger partial charge in [0.2, 0.25) is 0 Å². The molecule has 0 saturated carbocycles. The van der Waals surface area contributed by atoms with Gasteiger partial charge in [-0.05, 0) is 24.7 Å². The summed E-state index contributed by atoms with van der Waals surface area (Å²) in [5.74, 6) is 0.565. The molecule has 0 atom stereocenters. The summed E-state index contributed by atoms with van der Waals surface area (Å²) in [4.78, 5) is 30.3. The van der Waals surface area contributed by atoms with E-state index < -0.39 is 0 Å². The Labute approximate surface area is 168 Å². The fourth-order valence-corrected chi connectivity index (χ4v) is 3.21. The lowest BCUT2D eigenvalue weighted by Gasteiger charge is -2.19. The first-order valence-corrected chi connectivity index (χ1v) is 9.43. The van der Waals surface area contributed by atoms with Gasteiger partial charge in [-0.15, -0.1) is 0 Å². The molecule has 1 N–H and O–H groups in total. The van der Waals surface area contributed by atoms with Gasteiger partial charge in [-0.3, -0.25) is 9.78 Å². The monoisotopic (exact) mass is 386 g/mol. The molecule has 3 heterocycles. The maximum absolute atomic E-state index is 12.3. The van der Waals surface area contributed by atoms with Crippen LogP contribution in [0, 0.1) is 0 Å². The maximum atomic E-state index is 12.3. The van der Waals surface area contributed by atoms with Crippen LogP contribution in [0.1, 0.15) is 5.56 Å². The second-order valence-corrected chi connectivity index (χ2v) is 6.92. The average Bonchev–Trinajstić information content (AvgIpc) is 3.27. The Morgan fingerprint density at radius 3 is 2.79 bits per heavy atom. The fourth-order valence-electron chi connectivity index (χ4n) is 3.21. The van der Waals surface area contributed by atoms with Crippen molar-refractivity contribution in [1.29, 1.82) is 0 Å². The highest BCUT2D eigenvalue weighted by Gasteiger charge is 2.11. The molecule has 7 heteroatoms. The Bertz CT molecular complexity index is 1120. The van der Waals surface area contributed by atoms with Gasteiger partial charge >= 0.3 is 0 Å². The molecule has 0 unspecified atom stereocenters. The number of benzene rings is 1. The predicted molar refractivity (Wildman–Crippen MR) is 112 cm³/mol. The van der Waals surface area contributed by atoms with Crippen LogP contribution >= 0.6 is 0 Å². The van der Waals surface area contributed by atoms with Crippen molar-refractivity contribution >= 4 is 0 Å². The minimum absolute atomic E-state index is 0.183. The first-order valence-electron chi connectivity index (χ1n) is 9.43. The summed E-state index contributed by atoms with van der Waals surface area (Å²) in [7, 11) is 2.08. The van der Waals surface area contributed by atoms with E-state index in [4.69, 9.17) is 4.98 Å². The van der Waals surface area contributed by atoms with E-state index in [0.717, 1.165) is 36.3 Å². The Balaban J connectivity index is 1.59. The summed E-state index contributed by atoms with van der Waals surface area (Å²) < 4.78 is 2.05.